The highest BCUT2D eigenvalue weighted by atomic mass is 79.9. The van der Waals surface area contributed by atoms with Gasteiger partial charge in [0.15, 0.2) is 0 Å². The summed E-state index contributed by atoms with van der Waals surface area (Å²) in [7, 11) is 1.72. The highest BCUT2D eigenvalue weighted by Crippen LogP contribution is 2.39. The summed E-state index contributed by atoms with van der Waals surface area (Å²) in [5.41, 5.74) is 1.35. The van der Waals surface area contributed by atoms with E-state index in [2.05, 4.69) is 66.2 Å². The number of rotatable bonds is 4. The van der Waals surface area contributed by atoms with Gasteiger partial charge in [0, 0.05) is 10.2 Å². The van der Waals surface area contributed by atoms with Crippen molar-refractivity contribution in [2.45, 2.75) is 25.1 Å². The summed E-state index contributed by atoms with van der Waals surface area (Å²) in [6.45, 7) is 4.50. The number of benzene rings is 2. The Bertz CT molecular complexity index is 536. The number of halogens is 1. The number of ether oxygens (including phenoxy) is 1. The van der Waals surface area contributed by atoms with E-state index in [0.29, 0.717) is 10.7 Å². The molecule has 2 rings (SSSR count). The molecule has 0 saturated heterocycles. The van der Waals surface area contributed by atoms with E-state index in [1.54, 1.807) is 7.11 Å². The van der Waals surface area contributed by atoms with Gasteiger partial charge >= 0.3 is 0 Å². The molecule has 0 saturated carbocycles. The van der Waals surface area contributed by atoms with Crippen LogP contribution in [-0.4, -0.2) is 7.11 Å². The van der Waals surface area contributed by atoms with Crippen LogP contribution in [0.4, 0.5) is 0 Å². The summed E-state index contributed by atoms with van der Waals surface area (Å²) in [5, 5.41) is 2.46. The van der Waals surface area contributed by atoms with Gasteiger partial charge in [-0.05, 0) is 22.9 Å². The smallest absolute Gasteiger partial charge is 0.126 e. The van der Waals surface area contributed by atoms with Crippen molar-refractivity contribution in [2.75, 3.05) is 7.11 Å². The predicted octanol–water partition coefficient (Wildman–Crippen LogP) is 5.33. The first-order chi connectivity index (χ1) is 8.69. The molecule has 0 fully saturated rings. The zero-order valence-electron chi connectivity index (χ0n) is 11.1. The van der Waals surface area contributed by atoms with Crippen LogP contribution in [0.15, 0.2) is 36.4 Å². The van der Waals surface area contributed by atoms with Crippen molar-refractivity contribution in [1.82, 2.24) is 0 Å². The summed E-state index contributed by atoms with van der Waals surface area (Å²) in [5.74, 6) is 1.56. The van der Waals surface area contributed by atoms with Gasteiger partial charge in [-0.25, -0.2) is 0 Å². The Morgan fingerprint density at radius 3 is 2.39 bits per heavy atom. The van der Waals surface area contributed by atoms with Crippen molar-refractivity contribution >= 4 is 26.7 Å². The van der Waals surface area contributed by atoms with Gasteiger partial charge in [-0.15, -0.1) is 0 Å². The minimum Gasteiger partial charge on any atom is -0.496 e. The molecule has 0 radical (unpaired) electrons. The molecule has 0 heterocycles. The molecule has 2 aromatic rings. The fourth-order valence-corrected chi connectivity index (χ4v) is 3.00. The maximum absolute atomic E-state index is 5.43. The molecule has 0 N–H and O–H groups in total. The van der Waals surface area contributed by atoms with Gasteiger partial charge in [-0.1, -0.05) is 66.5 Å². The number of hydrogen-bond donors (Lipinski definition) is 0. The van der Waals surface area contributed by atoms with Crippen LogP contribution in [0.5, 0.6) is 5.75 Å². The Hall–Kier alpha value is -1.02. The van der Waals surface area contributed by atoms with Crippen LogP contribution in [-0.2, 0) is 0 Å². The van der Waals surface area contributed by atoms with Crippen LogP contribution in [0, 0.1) is 5.92 Å². The van der Waals surface area contributed by atoms with Crippen molar-refractivity contribution < 1.29 is 4.74 Å². The van der Waals surface area contributed by atoms with Crippen LogP contribution in [0.2, 0.25) is 0 Å². The molecule has 96 valence electrons. The van der Waals surface area contributed by atoms with Gasteiger partial charge in [-0.3, -0.25) is 0 Å². The van der Waals surface area contributed by atoms with Gasteiger partial charge in [-0.2, -0.15) is 0 Å². The number of fused-ring (bicyclic) bond motifs is 1. The Kier molecular flexibility index (Phi) is 4.28. The SMILES string of the molecule is CCC(C)C(Br)c1ccc(OC)c2ccccc12. The highest BCUT2D eigenvalue weighted by molar-refractivity contribution is 9.09. The molecule has 0 spiro atoms. The van der Waals surface area contributed by atoms with Crippen molar-refractivity contribution in [3.8, 4) is 5.75 Å². The molecular formula is C16H19BrO. The van der Waals surface area contributed by atoms with Gasteiger partial charge in [0.1, 0.15) is 5.75 Å². The number of methoxy groups -OCH3 is 1. The Labute approximate surface area is 117 Å². The third kappa shape index (κ3) is 2.39. The molecule has 18 heavy (non-hydrogen) atoms. The van der Waals surface area contributed by atoms with Crippen LogP contribution < -0.4 is 4.74 Å². The van der Waals surface area contributed by atoms with Crippen molar-refractivity contribution in [2.24, 2.45) is 5.92 Å². The lowest BCUT2D eigenvalue weighted by molar-refractivity contribution is 0.419. The Balaban J connectivity index is 2.59. The maximum Gasteiger partial charge on any atom is 0.126 e. The molecule has 0 aliphatic heterocycles. The average Bonchev–Trinajstić information content (AvgIpc) is 2.44. The zero-order valence-corrected chi connectivity index (χ0v) is 12.7. The lowest BCUT2D eigenvalue weighted by atomic mass is 9.94. The molecule has 2 heteroatoms. The summed E-state index contributed by atoms with van der Waals surface area (Å²) < 4.78 is 5.43. The first-order valence-electron chi connectivity index (χ1n) is 6.38. The summed E-state index contributed by atoms with van der Waals surface area (Å²) >= 11 is 3.84. The molecule has 2 atom stereocenters. The van der Waals surface area contributed by atoms with Crippen LogP contribution in [0.25, 0.3) is 10.8 Å². The summed E-state index contributed by atoms with van der Waals surface area (Å²) in [6, 6.07) is 12.7. The third-order valence-electron chi connectivity index (χ3n) is 3.58. The fourth-order valence-electron chi connectivity index (χ4n) is 2.23. The molecule has 0 aliphatic rings. The average molecular weight is 307 g/mol. The molecule has 1 nitrogen and oxygen atoms in total. The topological polar surface area (TPSA) is 9.23 Å². The largest absolute Gasteiger partial charge is 0.496 e. The van der Waals surface area contributed by atoms with Gasteiger partial charge in [0.2, 0.25) is 0 Å². The fraction of sp³-hybridized carbons (Fsp3) is 0.375. The van der Waals surface area contributed by atoms with E-state index < -0.39 is 0 Å². The van der Waals surface area contributed by atoms with E-state index in [9.17, 15) is 0 Å². The van der Waals surface area contributed by atoms with E-state index in [4.69, 9.17) is 4.74 Å². The summed E-state index contributed by atoms with van der Waals surface area (Å²) in [6.07, 6.45) is 1.16. The van der Waals surface area contributed by atoms with E-state index >= 15 is 0 Å². The number of hydrogen-bond acceptors (Lipinski definition) is 1. The summed E-state index contributed by atoms with van der Waals surface area (Å²) in [4.78, 5) is 0.387. The molecule has 2 unspecified atom stereocenters. The quantitative estimate of drug-likeness (QED) is 0.694. The van der Waals surface area contributed by atoms with Gasteiger partial charge in [0.25, 0.3) is 0 Å². The maximum atomic E-state index is 5.43. The minimum absolute atomic E-state index is 0.387. The van der Waals surface area contributed by atoms with E-state index in [1.807, 2.05) is 0 Å². The van der Waals surface area contributed by atoms with Crippen molar-refractivity contribution in [3.63, 3.8) is 0 Å². The molecule has 2 aromatic carbocycles. The van der Waals surface area contributed by atoms with E-state index in [0.717, 1.165) is 12.2 Å². The Morgan fingerprint density at radius 2 is 1.78 bits per heavy atom. The second kappa shape index (κ2) is 5.75. The molecule has 0 bridgehead atoms. The Morgan fingerprint density at radius 1 is 1.11 bits per heavy atom. The molecular weight excluding hydrogens is 288 g/mol. The first-order valence-corrected chi connectivity index (χ1v) is 7.30. The monoisotopic (exact) mass is 306 g/mol. The van der Waals surface area contributed by atoms with Gasteiger partial charge < -0.3 is 4.74 Å². The first kappa shape index (κ1) is 13.4. The molecule has 0 amide bonds. The second-order valence-corrected chi connectivity index (χ2v) is 5.68. The minimum atomic E-state index is 0.387. The van der Waals surface area contributed by atoms with Crippen molar-refractivity contribution in [1.29, 1.82) is 0 Å². The lowest BCUT2D eigenvalue weighted by Crippen LogP contribution is -2.03. The second-order valence-electron chi connectivity index (χ2n) is 4.69. The van der Waals surface area contributed by atoms with Gasteiger partial charge in [0.05, 0.1) is 7.11 Å². The lowest BCUT2D eigenvalue weighted by Gasteiger charge is -2.19. The van der Waals surface area contributed by atoms with Crippen LogP contribution in [0.3, 0.4) is 0 Å². The van der Waals surface area contributed by atoms with E-state index in [1.165, 1.54) is 16.3 Å². The normalized spacial score (nSPS) is 14.4. The molecule has 0 aliphatic carbocycles. The van der Waals surface area contributed by atoms with E-state index in [-0.39, 0.29) is 0 Å². The number of alkyl halides is 1. The third-order valence-corrected chi connectivity index (χ3v) is 4.97. The standard InChI is InChI=1S/C16H19BrO/c1-4-11(2)16(17)14-9-10-15(18-3)13-8-6-5-7-12(13)14/h5-11,16H,4H2,1-3H3. The van der Waals surface area contributed by atoms with Crippen LogP contribution >= 0.6 is 15.9 Å². The molecule has 0 aromatic heterocycles. The zero-order chi connectivity index (χ0) is 13.1. The van der Waals surface area contributed by atoms with Crippen molar-refractivity contribution in [3.05, 3.63) is 42.0 Å². The predicted molar refractivity (Wildman–Crippen MR) is 81.6 cm³/mol. The highest BCUT2D eigenvalue weighted by Gasteiger charge is 2.17. The van der Waals surface area contributed by atoms with Crippen LogP contribution in [0.1, 0.15) is 30.7 Å².